The van der Waals surface area contributed by atoms with E-state index in [0.717, 1.165) is 29.8 Å². The molecule has 0 bridgehead atoms. The third-order valence-electron chi connectivity index (χ3n) is 5.57. The molecular weight excluding hydrogens is 428 g/mol. The summed E-state index contributed by atoms with van der Waals surface area (Å²) in [5.41, 5.74) is 3.51. The Morgan fingerprint density at radius 3 is 2.71 bits per heavy atom. The van der Waals surface area contributed by atoms with E-state index in [2.05, 4.69) is 31.5 Å². The van der Waals surface area contributed by atoms with Crippen molar-refractivity contribution in [2.75, 3.05) is 16.4 Å². The summed E-state index contributed by atoms with van der Waals surface area (Å²) in [6.07, 6.45) is 4.53. The van der Waals surface area contributed by atoms with Gasteiger partial charge in [-0.05, 0) is 44.4 Å². The van der Waals surface area contributed by atoms with Gasteiger partial charge in [-0.15, -0.1) is 10.2 Å². The van der Waals surface area contributed by atoms with Crippen LogP contribution < -0.4 is 10.6 Å². The molecule has 1 aliphatic rings. The van der Waals surface area contributed by atoms with Crippen LogP contribution in [0.25, 0.3) is 0 Å². The van der Waals surface area contributed by atoms with Gasteiger partial charge in [0.2, 0.25) is 11.0 Å². The summed E-state index contributed by atoms with van der Waals surface area (Å²) in [6.45, 7) is 3.98. The average molecular weight is 453 g/mol. The van der Waals surface area contributed by atoms with Crippen LogP contribution in [0.4, 0.5) is 16.6 Å². The number of thioether (sulfide) groups is 1. The van der Waals surface area contributed by atoms with Crippen molar-refractivity contribution in [3.8, 4) is 6.07 Å². The Labute approximate surface area is 189 Å². The fraction of sp³-hybridized carbons (Fsp3) is 0.364. The molecule has 4 rings (SSSR count). The molecule has 9 heteroatoms. The number of benzene rings is 1. The number of para-hydroxylation sites is 1. The zero-order valence-electron chi connectivity index (χ0n) is 17.5. The van der Waals surface area contributed by atoms with Crippen molar-refractivity contribution in [2.24, 2.45) is 0 Å². The minimum atomic E-state index is -0.147. The largest absolute Gasteiger partial charge is 0.330 e. The first-order valence-electron chi connectivity index (χ1n) is 10.3. The van der Waals surface area contributed by atoms with Crippen LogP contribution in [0.2, 0.25) is 0 Å². The number of rotatable bonds is 7. The second-order valence-electron chi connectivity index (χ2n) is 7.56. The first-order valence-corrected chi connectivity index (χ1v) is 12.1. The normalized spacial score (nSPS) is 13.8. The second kappa shape index (κ2) is 9.54. The van der Waals surface area contributed by atoms with Crippen molar-refractivity contribution in [3.63, 3.8) is 0 Å². The standard InChI is InChI=1S/C22H24N6OS2/c1-14-15(2)28(17-10-6-7-11-17)20(18(14)12-23)25-19(29)13-30-22-27-26-21(31-22)24-16-8-4-3-5-9-16/h3-5,8-9,17H,6-7,10-11,13H2,1-2H3,(H,24,26)(H,25,29). The number of nitriles is 1. The van der Waals surface area contributed by atoms with Gasteiger partial charge in [-0.1, -0.05) is 54.1 Å². The zero-order valence-corrected chi connectivity index (χ0v) is 19.1. The van der Waals surface area contributed by atoms with Crippen LogP contribution in [0, 0.1) is 25.2 Å². The molecule has 0 atom stereocenters. The fourth-order valence-corrected chi connectivity index (χ4v) is 5.54. The Hall–Kier alpha value is -2.83. The lowest BCUT2D eigenvalue weighted by molar-refractivity contribution is -0.113. The molecule has 1 aliphatic carbocycles. The van der Waals surface area contributed by atoms with Crippen molar-refractivity contribution in [2.45, 2.75) is 49.9 Å². The Morgan fingerprint density at radius 1 is 1.26 bits per heavy atom. The van der Waals surface area contributed by atoms with Gasteiger partial charge in [0.25, 0.3) is 0 Å². The van der Waals surface area contributed by atoms with E-state index in [-0.39, 0.29) is 11.7 Å². The van der Waals surface area contributed by atoms with Crippen LogP contribution in [-0.2, 0) is 4.79 Å². The van der Waals surface area contributed by atoms with E-state index in [1.165, 1.54) is 35.9 Å². The van der Waals surface area contributed by atoms with Gasteiger partial charge in [0, 0.05) is 17.4 Å². The number of anilines is 3. The third-order valence-corrected chi connectivity index (χ3v) is 7.55. The van der Waals surface area contributed by atoms with Crippen molar-refractivity contribution in [1.82, 2.24) is 14.8 Å². The van der Waals surface area contributed by atoms with E-state index in [9.17, 15) is 10.1 Å². The summed E-state index contributed by atoms with van der Waals surface area (Å²) >= 11 is 2.75. The molecule has 0 unspecified atom stereocenters. The van der Waals surface area contributed by atoms with Gasteiger partial charge in [0.1, 0.15) is 11.9 Å². The predicted octanol–water partition coefficient (Wildman–Crippen LogP) is 5.42. The van der Waals surface area contributed by atoms with E-state index < -0.39 is 0 Å². The molecule has 0 radical (unpaired) electrons. The smallest absolute Gasteiger partial charge is 0.235 e. The molecule has 0 aliphatic heterocycles. The lowest BCUT2D eigenvalue weighted by Gasteiger charge is -2.19. The highest BCUT2D eigenvalue weighted by atomic mass is 32.2. The number of aromatic nitrogens is 3. The maximum atomic E-state index is 12.7. The summed E-state index contributed by atoms with van der Waals surface area (Å²) in [4.78, 5) is 12.7. The van der Waals surface area contributed by atoms with Crippen LogP contribution in [-0.4, -0.2) is 26.4 Å². The molecule has 2 heterocycles. The van der Waals surface area contributed by atoms with Crippen LogP contribution in [0.15, 0.2) is 34.7 Å². The maximum absolute atomic E-state index is 12.7. The number of nitrogens with one attached hydrogen (secondary N) is 2. The van der Waals surface area contributed by atoms with Crippen LogP contribution in [0.3, 0.4) is 0 Å². The van der Waals surface area contributed by atoms with Crippen LogP contribution in [0.5, 0.6) is 0 Å². The van der Waals surface area contributed by atoms with Crippen LogP contribution in [0.1, 0.15) is 48.5 Å². The topological polar surface area (TPSA) is 95.6 Å². The molecular formula is C22H24N6OS2. The molecule has 1 fully saturated rings. The lowest BCUT2D eigenvalue weighted by atomic mass is 10.2. The van der Waals surface area contributed by atoms with E-state index >= 15 is 0 Å². The first-order chi connectivity index (χ1) is 15.1. The quantitative estimate of drug-likeness (QED) is 0.465. The summed E-state index contributed by atoms with van der Waals surface area (Å²) in [7, 11) is 0. The summed E-state index contributed by atoms with van der Waals surface area (Å²) in [5.74, 6) is 0.698. The molecule has 0 saturated heterocycles. The molecule has 0 spiro atoms. The van der Waals surface area contributed by atoms with Gasteiger partial charge in [-0.2, -0.15) is 5.26 Å². The molecule has 3 aromatic rings. The maximum Gasteiger partial charge on any atom is 0.235 e. The minimum Gasteiger partial charge on any atom is -0.330 e. The number of carbonyl (C=O) groups is 1. The van der Waals surface area contributed by atoms with Gasteiger partial charge in [0.15, 0.2) is 4.34 Å². The van der Waals surface area contributed by atoms with Crippen LogP contribution >= 0.6 is 23.1 Å². The van der Waals surface area contributed by atoms with E-state index in [0.29, 0.717) is 26.9 Å². The predicted molar refractivity (Wildman–Crippen MR) is 125 cm³/mol. The third kappa shape index (κ3) is 4.75. The second-order valence-corrected chi connectivity index (χ2v) is 9.76. The number of hydrogen-bond acceptors (Lipinski definition) is 7. The number of hydrogen-bond donors (Lipinski definition) is 2. The fourth-order valence-electron chi connectivity index (χ4n) is 3.96. The monoisotopic (exact) mass is 452 g/mol. The molecule has 31 heavy (non-hydrogen) atoms. The number of carbonyl (C=O) groups excluding carboxylic acids is 1. The number of amides is 1. The first kappa shape index (κ1) is 21.4. The van der Waals surface area contributed by atoms with Gasteiger partial charge in [0.05, 0.1) is 11.3 Å². The Balaban J connectivity index is 1.42. The lowest BCUT2D eigenvalue weighted by Crippen LogP contribution is -2.19. The van der Waals surface area contributed by atoms with Crippen molar-refractivity contribution >= 4 is 45.6 Å². The molecule has 1 amide bonds. The highest BCUT2D eigenvalue weighted by molar-refractivity contribution is 8.01. The highest BCUT2D eigenvalue weighted by Crippen LogP contribution is 2.38. The average Bonchev–Trinajstić information content (AvgIpc) is 3.49. The minimum absolute atomic E-state index is 0.147. The Kier molecular flexibility index (Phi) is 6.59. The van der Waals surface area contributed by atoms with Gasteiger partial charge in [-0.3, -0.25) is 4.79 Å². The van der Waals surface area contributed by atoms with Gasteiger partial charge >= 0.3 is 0 Å². The summed E-state index contributed by atoms with van der Waals surface area (Å²) in [5, 5.41) is 24.9. The summed E-state index contributed by atoms with van der Waals surface area (Å²) in [6, 6.07) is 12.4. The zero-order chi connectivity index (χ0) is 21.8. The summed E-state index contributed by atoms with van der Waals surface area (Å²) < 4.78 is 2.88. The SMILES string of the molecule is Cc1c(C#N)c(NC(=O)CSc2nnc(Nc3ccccc3)s2)n(C2CCCC2)c1C. The Morgan fingerprint density at radius 2 is 2.00 bits per heavy atom. The van der Waals surface area contributed by atoms with Crippen molar-refractivity contribution in [3.05, 3.63) is 47.2 Å². The molecule has 2 aromatic heterocycles. The highest BCUT2D eigenvalue weighted by Gasteiger charge is 2.26. The number of nitrogens with zero attached hydrogens (tertiary/aromatic N) is 4. The van der Waals surface area contributed by atoms with Crippen molar-refractivity contribution < 1.29 is 4.79 Å². The Bertz CT molecular complexity index is 1110. The van der Waals surface area contributed by atoms with Gasteiger partial charge in [-0.25, -0.2) is 0 Å². The molecule has 2 N–H and O–H groups in total. The molecule has 1 aromatic carbocycles. The molecule has 160 valence electrons. The molecule has 1 saturated carbocycles. The van der Waals surface area contributed by atoms with Gasteiger partial charge < -0.3 is 15.2 Å². The van der Waals surface area contributed by atoms with E-state index in [4.69, 9.17) is 0 Å². The molecule has 7 nitrogen and oxygen atoms in total. The van der Waals surface area contributed by atoms with E-state index in [1.54, 1.807) is 0 Å². The van der Waals surface area contributed by atoms with E-state index in [1.807, 2.05) is 44.2 Å². The van der Waals surface area contributed by atoms with Crippen molar-refractivity contribution in [1.29, 1.82) is 5.26 Å².